The van der Waals surface area contributed by atoms with Gasteiger partial charge in [0.1, 0.15) is 23.7 Å². The van der Waals surface area contributed by atoms with E-state index in [0.29, 0.717) is 18.4 Å². The second-order valence-electron chi connectivity index (χ2n) is 13.4. The lowest BCUT2D eigenvalue weighted by Crippen LogP contribution is -2.60. The van der Waals surface area contributed by atoms with Crippen LogP contribution in [-0.2, 0) is 28.7 Å². The predicted octanol–water partition coefficient (Wildman–Crippen LogP) is 3.94. The number of hydrogen-bond donors (Lipinski definition) is 2. The second-order valence-corrected chi connectivity index (χ2v) is 13.4. The molecule has 0 radical (unpaired) electrons. The third-order valence-corrected chi connectivity index (χ3v) is 10.5. The topological polar surface area (TPSA) is 125 Å². The molecule has 5 bridgehead atoms. The SMILES string of the molecule is CC[C@H](C)[C@H](CO)N1C(=O)[C@@H]2[C@H]3C(=O)O[C@@H](c4ccccc4)CNC(=O)CC/C=C\CN(c4c(C)cccc4C)C(=O)[C@@H]1[C@]21C=C[C@H]3O1. The molecule has 8 atom stereocenters. The highest BCUT2D eigenvalue weighted by Crippen LogP contribution is 2.57. The van der Waals surface area contributed by atoms with Gasteiger partial charge in [0.2, 0.25) is 11.8 Å². The van der Waals surface area contributed by atoms with Crippen LogP contribution in [0.4, 0.5) is 5.69 Å². The van der Waals surface area contributed by atoms with Crippen LogP contribution in [0, 0.1) is 31.6 Å². The lowest BCUT2D eigenvalue weighted by atomic mass is 9.74. The molecule has 2 aromatic carbocycles. The van der Waals surface area contributed by atoms with E-state index in [-0.39, 0.29) is 43.8 Å². The van der Waals surface area contributed by atoms with E-state index in [1.807, 2.05) is 88.4 Å². The number of aliphatic hydroxyl groups is 1. The number of carbonyl (C=O) groups is 4. The van der Waals surface area contributed by atoms with Gasteiger partial charge in [-0.05, 0) is 42.9 Å². The number of cyclic esters (lactones) is 1. The van der Waals surface area contributed by atoms with Gasteiger partial charge >= 0.3 is 5.97 Å². The molecule has 0 aromatic heterocycles. The molecule has 2 N–H and O–H groups in total. The predicted molar refractivity (Wildman–Crippen MR) is 180 cm³/mol. The van der Waals surface area contributed by atoms with Crippen molar-refractivity contribution in [2.24, 2.45) is 17.8 Å². The number of ether oxygens (including phenoxy) is 2. The molecule has 2 aromatic rings. The van der Waals surface area contributed by atoms with Crippen molar-refractivity contribution in [1.29, 1.82) is 0 Å². The highest BCUT2D eigenvalue weighted by Gasteiger charge is 2.74. The van der Waals surface area contributed by atoms with Crippen LogP contribution in [0.2, 0.25) is 0 Å². The minimum Gasteiger partial charge on any atom is -0.455 e. The van der Waals surface area contributed by atoms with Gasteiger partial charge < -0.3 is 29.7 Å². The molecule has 2 fully saturated rings. The number of benzene rings is 2. The fourth-order valence-electron chi connectivity index (χ4n) is 7.92. The van der Waals surface area contributed by atoms with E-state index in [1.54, 1.807) is 17.1 Å². The van der Waals surface area contributed by atoms with E-state index >= 15 is 4.79 Å². The monoisotopic (exact) mass is 655 g/mol. The molecular formula is C38H45N3O7. The number of amides is 3. The van der Waals surface area contributed by atoms with Crippen LogP contribution in [0.5, 0.6) is 0 Å². The van der Waals surface area contributed by atoms with E-state index in [0.717, 1.165) is 16.8 Å². The molecule has 2 saturated heterocycles. The average Bonchev–Trinajstić information content (AvgIpc) is 3.73. The summed E-state index contributed by atoms with van der Waals surface area (Å²) in [5, 5.41) is 13.7. The average molecular weight is 656 g/mol. The number of aryl methyl sites for hydroxylation is 2. The number of aliphatic hydroxyl groups excluding tert-OH is 1. The number of allylic oxidation sites excluding steroid dienone is 1. The fourth-order valence-corrected chi connectivity index (χ4v) is 7.92. The molecule has 1 spiro atoms. The first-order valence-corrected chi connectivity index (χ1v) is 17.0. The van der Waals surface area contributed by atoms with Crippen molar-refractivity contribution in [3.8, 4) is 0 Å². The molecule has 3 amide bonds. The highest BCUT2D eigenvalue weighted by atomic mass is 16.6. The van der Waals surface area contributed by atoms with E-state index in [9.17, 15) is 19.5 Å². The summed E-state index contributed by atoms with van der Waals surface area (Å²) in [5.74, 6) is -3.81. The van der Waals surface area contributed by atoms with Crippen LogP contribution < -0.4 is 10.2 Å². The number of nitrogens with zero attached hydrogens (tertiary/aromatic N) is 2. The van der Waals surface area contributed by atoms with Crippen molar-refractivity contribution in [3.63, 3.8) is 0 Å². The zero-order chi connectivity index (χ0) is 34.2. The van der Waals surface area contributed by atoms with Gasteiger partial charge in [-0.2, -0.15) is 0 Å². The smallest absolute Gasteiger partial charge is 0.313 e. The number of esters is 1. The lowest BCUT2D eigenvalue weighted by molar-refractivity contribution is -0.160. The summed E-state index contributed by atoms with van der Waals surface area (Å²) in [4.78, 5) is 60.2. The van der Waals surface area contributed by atoms with E-state index in [4.69, 9.17) is 9.47 Å². The van der Waals surface area contributed by atoms with E-state index in [1.165, 1.54) is 4.90 Å². The van der Waals surface area contributed by atoms with Gasteiger partial charge in [0.05, 0.1) is 31.2 Å². The molecular weight excluding hydrogens is 610 g/mol. The largest absolute Gasteiger partial charge is 0.455 e. The zero-order valence-corrected chi connectivity index (χ0v) is 28.0. The van der Waals surface area contributed by atoms with Crippen LogP contribution in [0.1, 0.15) is 55.9 Å². The van der Waals surface area contributed by atoms with Crippen molar-refractivity contribution in [3.05, 3.63) is 89.5 Å². The van der Waals surface area contributed by atoms with Crippen LogP contribution in [0.15, 0.2) is 72.8 Å². The van der Waals surface area contributed by atoms with Gasteiger partial charge in [0.25, 0.3) is 5.91 Å². The molecule has 4 aliphatic heterocycles. The van der Waals surface area contributed by atoms with Gasteiger partial charge in [-0.1, -0.05) is 93.1 Å². The summed E-state index contributed by atoms with van der Waals surface area (Å²) in [7, 11) is 0. The van der Waals surface area contributed by atoms with Crippen molar-refractivity contribution in [1.82, 2.24) is 10.2 Å². The van der Waals surface area contributed by atoms with Crippen molar-refractivity contribution in [2.75, 3.05) is 24.6 Å². The standard InChI is InChI=1S/C38H45N3O7/c1-5-23(2)27(22-42)41-34-36(45)40(33-24(3)13-12-14-25(33)4)20-11-7-10-17-30(43)39-21-29(26-15-8-6-9-16-26)47-37(46)31-28-18-19-38(34,48-28)32(31)35(41)44/h6-9,11-16,18-19,23,27-29,31-32,34,42H,5,10,17,20-22H2,1-4H3,(H,39,43)/b11-7-/t23-,27-,28+,29+,31-,32-,34+,38-/m0/s1. The molecule has 0 unspecified atom stereocenters. The van der Waals surface area contributed by atoms with Gasteiger partial charge in [-0.3, -0.25) is 19.2 Å². The Morgan fingerprint density at radius 1 is 1.00 bits per heavy atom. The first kappa shape index (κ1) is 33.6. The van der Waals surface area contributed by atoms with Crippen LogP contribution in [0.3, 0.4) is 0 Å². The van der Waals surface area contributed by atoms with Crippen molar-refractivity contribution >= 4 is 29.4 Å². The Kier molecular flexibility index (Phi) is 9.58. The van der Waals surface area contributed by atoms with E-state index in [2.05, 4.69) is 5.32 Å². The van der Waals surface area contributed by atoms with Gasteiger partial charge in [0, 0.05) is 18.7 Å². The minimum atomic E-state index is -1.44. The molecule has 48 heavy (non-hydrogen) atoms. The Morgan fingerprint density at radius 3 is 2.42 bits per heavy atom. The number of nitrogens with one attached hydrogen (secondary N) is 1. The zero-order valence-electron chi connectivity index (χ0n) is 28.0. The molecule has 10 nitrogen and oxygen atoms in total. The minimum absolute atomic E-state index is 0.0598. The van der Waals surface area contributed by atoms with Crippen molar-refractivity contribution in [2.45, 2.75) is 76.9 Å². The maximum absolute atomic E-state index is 15.2. The maximum atomic E-state index is 15.2. The third kappa shape index (κ3) is 5.75. The molecule has 254 valence electrons. The Hall–Kier alpha value is -4.28. The Morgan fingerprint density at radius 2 is 1.73 bits per heavy atom. The molecule has 4 aliphatic rings. The number of likely N-dealkylation sites (tertiary alicyclic amines) is 1. The third-order valence-electron chi connectivity index (χ3n) is 10.5. The summed E-state index contributed by atoms with van der Waals surface area (Å²) >= 11 is 0. The number of hydrogen-bond acceptors (Lipinski definition) is 7. The molecule has 0 saturated carbocycles. The van der Waals surface area contributed by atoms with Gasteiger partial charge in [-0.25, -0.2) is 0 Å². The molecule has 4 heterocycles. The quantitative estimate of drug-likeness (QED) is 0.357. The van der Waals surface area contributed by atoms with Gasteiger partial charge in [-0.15, -0.1) is 0 Å². The number of fused-ring (bicyclic) bond motifs is 2. The number of carbonyl (C=O) groups excluding carboxylic acids is 4. The maximum Gasteiger partial charge on any atom is 0.313 e. The molecule has 6 rings (SSSR count). The highest BCUT2D eigenvalue weighted by molar-refractivity contribution is 6.06. The fraction of sp³-hybridized carbons (Fsp3) is 0.474. The number of rotatable bonds is 6. The van der Waals surface area contributed by atoms with Crippen LogP contribution in [-0.4, -0.2) is 77.2 Å². The Labute approximate surface area is 281 Å². The first-order valence-electron chi connectivity index (χ1n) is 17.0. The normalized spacial score (nSPS) is 31.0. The second kappa shape index (κ2) is 13.7. The summed E-state index contributed by atoms with van der Waals surface area (Å²) in [6, 6.07) is 13.1. The Balaban J connectivity index is 1.49. The molecule has 0 aliphatic carbocycles. The Bertz CT molecular complexity index is 1600. The van der Waals surface area contributed by atoms with E-state index < -0.39 is 53.6 Å². The molecule has 10 heteroatoms. The number of anilines is 1. The summed E-state index contributed by atoms with van der Waals surface area (Å²) in [5.41, 5.74) is 1.75. The van der Waals surface area contributed by atoms with Gasteiger partial charge in [0.15, 0.2) is 0 Å². The van der Waals surface area contributed by atoms with Crippen LogP contribution in [0.25, 0.3) is 0 Å². The first-order chi connectivity index (χ1) is 23.1. The summed E-state index contributed by atoms with van der Waals surface area (Å²) < 4.78 is 12.7. The van der Waals surface area contributed by atoms with Crippen LogP contribution >= 0.6 is 0 Å². The number of para-hydroxylation sites is 1. The lowest BCUT2D eigenvalue weighted by Gasteiger charge is -2.41. The van der Waals surface area contributed by atoms with Crippen molar-refractivity contribution < 1.29 is 33.8 Å². The summed E-state index contributed by atoms with van der Waals surface area (Å²) in [6.45, 7) is 7.70. The summed E-state index contributed by atoms with van der Waals surface area (Å²) in [6.07, 6.45) is 7.01.